The fraction of sp³-hybridized carbons (Fsp3) is 0.333. The molecule has 2 aromatic carbocycles. The zero-order chi connectivity index (χ0) is 23.7. The molecule has 0 fully saturated rings. The number of ketones is 2. The number of hydrogen-bond acceptors (Lipinski definition) is 3. The Kier molecular flexibility index (Phi) is 9.06. The van der Waals surface area contributed by atoms with E-state index >= 15 is 0 Å². The van der Waals surface area contributed by atoms with E-state index in [0.717, 1.165) is 11.1 Å². The van der Waals surface area contributed by atoms with Crippen molar-refractivity contribution in [3.63, 3.8) is 0 Å². The summed E-state index contributed by atoms with van der Waals surface area (Å²) < 4.78 is 34.1. The monoisotopic (exact) mass is 440 g/mol. The Morgan fingerprint density at radius 2 is 1.19 bits per heavy atom. The number of Topliss-reactive ketones (excluding diaryl/α,β-unsaturated/α-hetero) is 2. The van der Waals surface area contributed by atoms with E-state index in [0.29, 0.717) is 49.7 Å². The first-order valence-electron chi connectivity index (χ1n) is 10.7. The van der Waals surface area contributed by atoms with E-state index in [1.54, 1.807) is 38.1 Å². The molecular formula is C27H30F2O3. The molecule has 0 aliphatic carbocycles. The summed E-state index contributed by atoms with van der Waals surface area (Å²) in [5.41, 5.74) is 2.67. The van der Waals surface area contributed by atoms with Gasteiger partial charge in [0.2, 0.25) is 0 Å². The summed E-state index contributed by atoms with van der Waals surface area (Å²) in [4.78, 5) is 23.2. The lowest BCUT2D eigenvalue weighted by Gasteiger charge is -2.19. The molecule has 0 aromatic heterocycles. The van der Waals surface area contributed by atoms with Gasteiger partial charge in [-0.05, 0) is 86.1 Å². The average Bonchev–Trinajstić information content (AvgIpc) is 2.74. The Morgan fingerprint density at radius 3 is 1.59 bits per heavy atom. The number of allylic oxidation sites excluding steroid dienone is 2. The highest BCUT2D eigenvalue weighted by molar-refractivity contribution is 5.94. The van der Waals surface area contributed by atoms with E-state index in [1.165, 1.54) is 24.3 Å². The lowest BCUT2D eigenvalue weighted by molar-refractivity contribution is -0.185. The van der Waals surface area contributed by atoms with Crippen LogP contribution < -0.4 is 4.74 Å². The first-order chi connectivity index (χ1) is 15.1. The Bertz CT molecular complexity index is 957. The van der Waals surface area contributed by atoms with Crippen molar-refractivity contribution in [1.29, 1.82) is 0 Å². The van der Waals surface area contributed by atoms with Crippen molar-refractivity contribution in [2.45, 2.75) is 58.5 Å². The Hall–Kier alpha value is -3.08. The van der Waals surface area contributed by atoms with E-state index in [9.17, 15) is 18.4 Å². The van der Waals surface area contributed by atoms with Gasteiger partial charge in [-0.2, -0.15) is 8.78 Å². The maximum atomic E-state index is 14.6. The second-order valence-corrected chi connectivity index (χ2v) is 8.07. The minimum absolute atomic E-state index is 0.0212. The van der Waals surface area contributed by atoms with E-state index in [1.807, 2.05) is 0 Å². The zero-order valence-electron chi connectivity index (χ0n) is 18.8. The smallest absolute Gasteiger partial charge is 0.426 e. The van der Waals surface area contributed by atoms with Crippen LogP contribution in [0.3, 0.4) is 0 Å². The Balaban J connectivity index is 1.89. The summed E-state index contributed by atoms with van der Waals surface area (Å²) in [6.45, 7) is 10.6. The highest BCUT2D eigenvalue weighted by atomic mass is 19.3. The van der Waals surface area contributed by atoms with Gasteiger partial charge in [-0.25, -0.2) is 0 Å². The normalized spacial score (nSPS) is 11.1. The maximum Gasteiger partial charge on any atom is 0.426 e. The van der Waals surface area contributed by atoms with E-state index in [-0.39, 0.29) is 22.9 Å². The molecule has 32 heavy (non-hydrogen) atoms. The van der Waals surface area contributed by atoms with Gasteiger partial charge in [0.05, 0.1) is 5.56 Å². The molecule has 2 aromatic rings. The second-order valence-electron chi connectivity index (χ2n) is 8.07. The van der Waals surface area contributed by atoms with Gasteiger partial charge in [0.15, 0.2) is 11.6 Å². The molecule has 0 N–H and O–H groups in total. The number of benzene rings is 2. The largest absolute Gasteiger partial charge is 0.429 e. The number of hydrogen-bond donors (Lipinski definition) is 0. The van der Waals surface area contributed by atoms with Crippen LogP contribution in [0.1, 0.15) is 56.2 Å². The van der Waals surface area contributed by atoms with Crippen molar-refractivity contribution in [2.24, 2.45) is 0 Å². The highest BCUT2D eigenvalue weighted by Gasteiger charge is 2.34. The molecule has 0 aliphatic rings. The third-order valence-electron chi connectivity index (χ3n) is 5.15. The number of ether oxygens (including phenoxy) is 1. The van der Waals surface area contributed by atoms with Crippen molar-refractivity contribution in [3.8, 4) is 5.75 Å². The van der Waals surface area contributed by atoms with Crippen molar-refractivity contribution in [3.05, 3.63) is 89.5 Å². The van der Waals surface area contributed by atoms with Crippen molar-refractivity contribution < 1.29 is 23.1 Å². The van der Waals surface area contributed by atoms with Gasteiger partial charge in [0, 0.05) is 12.8 Å². The molecule has 2 rings (SSSR count). The summed E-state index contributed by atoms with van der Waals surface area (Å²) in [7, 11) is 0. The lowest BCUT2D eigenvalue weighted by Crippen LogP contribution is -2.21. The van der Waals surface area contributed by atoms with Crippen LogP contribution in [0, 0.1) is 0 Å². The first kappa shape index (κ1) is 25.2. The van der Waals surface area contributed by atoms with Crippen LogP contribution in [0.15, 0.2) is 72.8 Å². The molecule has 0 heterocycles. The van der Waals surface area contributed by atoms with Gasteiger partial charge >= 0.3 is 6.11 Å². The van der Waals surface area contributed by atoms with Gasteiger partial charge < -0.3 is 4.74 Å². The van der Waals surface area contributed by atoms with Crippen molar-refractivity contribution in [1.82, 2.24) is 0 Å². The molecule has 0 aliphatic heterocycles. The van der Waals surface area contributed by atoms with Crippen LogP contribution >= 0.6 is 0 Å². The fourth-order valence-electron chi connectivity index (χ4n) is 3.13. The number of carbonyl (C=O) groups is 2. The third-order valence-corrected chi connectivity index (χ3v) is 5.15. The van der Waals surface area contributed by atoms with Crippen LogP contribution in [0.25, 0.3) is 0 Å². The lowest BCUT2D eigenvalue weighted by atomic mass is 10.0. The molecule has 0 bridgehead atoms. The zero-order valence-corrected chi connectivity index (χ0v) is 18.8. The predicted molar refractivity (Wildman–Crippen MR) is 123 cm³/mol. The molecule has 0 saturated carbocycles. The molecule has 3 nitrogen and oxygen atoms in total. The molecule has 170 valence electrons. The molecule has 0 radical (unpaired) electrons. The number of carbonyl (C=O) groups excluding carboxylic acids is 2. The van der Waals surface area contributed by atoms with Gasteiger partial charge in [0.25, 0.3) is 0 Å². The molecule has 0 unspecified atom stereocenters. The summed E-state index contributed by atoms with van der Waals surface area (Å²) in [6.07, 6.45) is -0.0199. The van der Waals surface area contributed by atoms with Gasteiger partial charge in [-0.3, -0.25) is 9.59 Å². The summed E-state index contributed by atoms with van der Waals surface area (Å²) in [5, 5.41) is 0. The van der Waals surface area contributed by atoms with E-state index in [4.69, 9.17) is 4.74 Å². The summed E-state index contributed by atoms with van der Waals surface area (Å²) in [6, 6.07) is 12.4. The van der Waals surface area contributed by atoms with Gasteiger partial charge in [-0.1, -0.05) is 37.4 Å². The first-order valence-corrected chi connectivity index (χ1v) is 10.7. The SMILES string of the molecule is C=C(C)C(=O)CCCc1ccc(OC(F)(F)c2ccc(CCCC(=O)C(=C)C)cc2)cc1. The predicted octanol–water partition coefficient (Wildman–Crippen LogP) is 6.75. The van der Waals surface area contributed by atoms with Crippen molar-refractivity contribution in [2.75, 3.05) is 0 Å². The van der Waals surface area contributed by atoms with Crippen LogP contribution in [0.4, 0.5) is 8.78 Å². The Morgan fingerprint density at radius 1 is 0.781 bits per heavy atom. The molecule has 5 heteroatoms. The number of aryl methyl sites for hydroxylation is 2. The molecule has 0 saturated heterocycles. The van der Waals surface area contributed by atoms with E-state index < -0.39 is 6.11 Å². The second kappa shape index (κ2) is 11.5. The van der Waals surface area contributed by atoms with Crippen LogP contribution in [0.5, 0.6) is 5.75 Å². The summed E-state index contributed by atoms with van der Waals surface area (Å²) in [5.74, 6) is 0.128. The van der Waals surface area contributed by atoms with Gasteiger partial charge in [0.1, 0.15) is 5.75 Å². The number of alkyl halides is 2. The molecule has 0 amide bonds. The molecule has 0 atom stereocenters. The molecule has 0 spiro atoms. The van der Waals surface area contributed by atoms with Crippen molar-refractivity contribution >= 4 is 11.6 Å². The highest BCUT2D eigenvalue weighted by Crippen LogP contribution is 2.32. The fourth-order valence-corrected chi connectivity index (χ4v) is 3.13. The average molecular weight is 441 g/mol. The van der Waals surface area contributed by atoms with Crippen LogP contribution in [-0.4, -0.2) is 11.6 Å². The number of rotatable bonds is 13. The Labute approximate surface area is 188 Å². The maximum absolute atomic E-state index is 14.6. The topological polar surface area (TPSA) is 43.4 Å². The minimum Gasteiger partial charge on any atom is -0.429 e. The van der Waals surface area contributed by atoms with Crippen LogP contribution in [0.2, 0.25) is 0 Å². The summed E-state index contributed by atoms with van der Waals surface area (Å²) >= 11 is 0. The number of halogens is 2. The van der Waals surface area contributed by atoms with E-state index in [2.05, 4.69) is 13.2 Å². The van der Waals surface area contributed by atoms with Gasteiger partial charge in [-0.15, -0.1) is 0 Å². The standard InChI is InChI=1S/C27H30F2O3/c1-19(2)25(30)9-5-7-21-11-15-23(16-12-21)27(28,29)32-24-17-13-22(14-18-24)8-6-10-26(31)20(3)4/h11-18H,1,3,5-10H2,2,4H3. The quantitative estimate of drug-likeness (QED) is 0.324. The molecular weight excluding hydrogens is 410 g/mol. The third kappa shape index (κ3) is 7.88. The minimum atomic E-state index is -3.47. The van der Waals surface area contributed by atoms with Crippen LogP contribution in [-0.2, 0) is 28.5 Å².